The molecule has 1 aromatic rings. The molecule has 0 aliphatic heterocycles. The van der Waals surface area contributed by atoms with Gasteiger partial charge < -0.3 is 15.3 Å². The molecule has 8 nitrogen and oxygen atoms in total. The SMILES string of the molecule is CNC(=O)NC(=O)COC(=O)CSc1cccc[n+]1[O-]. The molecule has 0 saturated carbocycles. The van der Waals surface area contributed by atoms with Crippen molar-refractivity contribution in [2.24, 2.45) is 0 Å². The molecule has 0 fully saturated rings. The largest absolute Gasteiger partial charge is 0.618 e. The van der Waals surface area contributed by atoms with Crippen molar-refractivity contribution in [1.82, 2.24) is 10.6 Å². The van der Waals surface area contributed by atoms with E-state index in [0.717, 1.165) is 11.8 Å². The molecule has 0 atom stereocenters. The van der Waals surface area contributed by atoms with E-state index in [0.29, 0.717) is 9.76 Å². The van der Waals surface area contributed by atoms with Gasteiger partial charge in [-0.15, -0.1) is 0 Å². The highest BCUT2D eigenvalue weighted by molar-refractivity contribution is 7.99. The van der Waals surface area contributed by atoms with Crippen LogP contribution in [0, 0.1) is 5.21 Å². The van der Waals surface area contributed by atoms with Crippen molar-refractivity contribution in [2.75, 3.05) is 19.4 Å². The fourth-order valence-corrected chi connectivity index (χ4v) is 1.78. The van der Waals surface area contributed by atoms with E-state index in [-0.39, 0.29) is 5.75 Å². The molecule has 1 aromatic heterocycles. The molecule has 1 heterocycles. The molecule has 108 valence electrons. The van der Waals surface area contributed by atoms with Crippen LogP contribution in [0.2, 0.25) is 0 Å². The van der Waals surface area contributed by atoms with Crippen LogP contribution in [0.3, 0.4) is 0 Å². The highest BCUT2D eigenvalue weighted by Gasteiger charge is 2.12. The molecule has 0 radical (unpaired) electrons. The van der Waals surface area contributed by atoms with Crippen molar-refractivity contribution in [3.05, 3.63) is 29.6 Å². The van der Waals surface area contributed by atoms with Gasteiger partial charge in [0.1, 0.15) is 5.75 Å². The van der Waals surface area contributed by atoms with Crippen molar-refractivity contribution >= 4 is 29.7 Å². The Bertz CT molecular complexity index is 509. The lowest BCUT2D eigenvalue weighted by Gasteiger charge is -2.05. The number of esters is 1. The number of pyridine rings is 1. The Labute approximate surface area is 119 Å². The summed E-state index contributed by atoms with van der Waals surface area (Å²) < 4.78 is 5.27. The Kier molecular flexibility index (Phi) is 6.30. The molecule has 0 saturated heterocycles. The highest BCUT2D eigenvalue weighted by atomic mass is 32.2. The predicted octanol–water partition coefficient (Wildman–Crippen LogP) is -0.589. The Hall–Kier alpha value is -2.29. The number of carbonyl (C=O) groups excluding carboxylic acids is 3. The first-order valence-corrected chi connectivity index (χ1v) is 6.49. The molecule has 20 heavy (non-hydrogen) atoms. The van der Waals surface area contributed by atoms with Gasteiger partial charge in [-0.3, -0.25) is 14.9 Å². The third-order valence-corrected chi connectivity index (χ3v) is 2.96. The smallest absolute Gasteiger partial charge is 0.321 e. The van der Waals surface area contributed by atoms with Gasteiger partial charge in [0.25, 0.3) is 10.9 Å². The van der Waals surface area contributed by atoms with Crippen LogP contribution in [0.5, 0.6) is 0 Å². The van der Waals surface area contributed by atoms with Crippen LogP contribution in [0.1, 0.15) is 0 Å². The summed E-state index contributed by atoms with van der Waals surface area (Å²) in [6.45, 7) is -0.557. The summed E-state index contributed by atoms with van der Waals surface area (Å²) >= 11 is 0.990. The van der Waals surface area contributed by atoms with Crippen molar-refractivity contribution in [3.8, 4) is 0 Å². The van der Waals surface area contributed by atoms with Gasteiger partial charge in [-0.05, 0) is 17.8 Å². The molecule has 0 aliphatic carbocycles. The highest BCUT2D eigenvalue weighted by Crippen LogP contribution is 2.12. The second-order valence-electron chi connectivity index (χ2n) is 3.44. The van der Waals surface area contributed by atoms with Gasteiger partial charge in [-0.2, -0.15) is 4.73 Å². The maximum Gasteiger partial charge on any atom is 0.321 e. The summed E-state index contributed by atoms with van der Waals surface area (Å²) in [6, 6.07) is 4.11. The third kappa shape index (κ3) is 5.57. The molecule has 0 spiro atoms. The van der Waals surface area contributed by atoms with Crippen LogP contribution in [0.15, 0.2) is 29.4 Å². The minimum atomic E-state index is -0.735. The number of nitrogens with zero attached hydrogens (tertiary/aromatic N) is 1. The molecule has 0 aromatic carbocycles. The number of aromatic nitrogens is 1. The lowest BCUT2D eigenvalue weighted by Crippen LogP contribution is -2.39. The molecular weight excluding hydrogens is 286 g/mol. The van der Waals surface area contributed by atoms with E-state index in [9.17, 15) is 19.6 Å². The first-order valence-electron chi connectivity index (χ1n) is 5.51. The van der Waals surface area contributed by atoms with Gasteiger partial charge >= 0.3 is 12.0 Å². The summed E-state index contributed by atoms with van der Waals surface area (Å²) in [5.41, 5.74) is 0. The topological polar surface area (TPSA) is 111 Å². The molecule has 1 rings (SSSR count). The molecule has 0 unspecified atom stereocenters. The summed E-state index contributed by atoms with van der Waals surface area (Å²) in [5.74, 6) is -1.51. The molecular formula is C11H13N3O5S. The molecule has 0 aliphatic rings. The van der Waals surface area contributed by atoms with E-state index in [1.807, 2.05) is 5.32 Å². The molecule has 9 heteroatoms. The summed E-state index contributed by atoms with van der Waals surface area (Å²) in [4.78, 5) is 33.3. The number of rotatable bonds is 5. The Balaban J connectivity index is 2.29. The van der Waals surface area contributed by atoms with Crippen LogP contribution in [-0.4, -0.2) is 37.3 Å². The zero-order chi connectivity index (χ0) is 15.0. The molecule has 0 bridgehead atoms. The summed E-state index contributed by atoms with van der Waals surface area (Å²) in [6.07, 6.45) is 1.31. The summed E-state index contributed by atoms with van der Waals surface area (Å²) in [7, 11) is 1.35. The lowest BCUT2D eigenvalue weighted by molar-refractivity contribution is -0.645. The van der Waals surface area contributed by atoms with Gasteiger partial charge in [0.2, 0.25) is 0 Å². The first kappa shape index (κ1) is 15.8. The number of hydrogen-bond donors (Lipinski definition) is 2. The first-order chi connectivity index (χ1) is 9.52. The second-order valence-corrected chi connectivity index (χ2v) is 4.44. The van der Waals surface area contributed by atoms with Gasteiger partial charge in [-0.25, -0.2) is 4.79 Å². The Morgan fingerprint density at radius 1 is 1.40 bits per heavy atom. The van der Waals surface area contributed by atoms with E-state index in [1.54, 1.807) is 18.2 Å². The number of hydrogen-bond acceptors (Lipinski definition) is 6. The monoisotopic (exact) mass is 299 g/mol. The average Bonchev–Trinajstić information content (AvgIpc) is 2.44. The fraction of sp³-hybridized carbons (Fsp3) is 0.273. The lowest BCUT2D eigenvalue weighted by atomic mass is 10.5. The number of carbonyl (C=O) groups is 3. The Morgan fingerprint density at radius 3 is 2.80 bits per heavy atom. The van der Waals surface area contributed by atoms with Gasteiger partial charge in [0, 0.05) is 19.2 Å². The van der Waals surface area contributed by atoms with Crippen molar-refractivity contribution in [2.45, 2.75) is 5.03 Å². The zero-order valence-electron chi connectivity index (χ0n) is 10.6. The maximum absolute atomic E-state index is 11.4. The minimum absolute atomic E-state index is 0.112. The van der Waals surface area contributed by atoms with Crippen LogP contribution < -0.4 is 15.4 Å². The van der Waals surface area contributed by atoms with E-state index < -0.39 is 24.5 Å². The number of ether oxygens (including phenoxy) is 1. The zero-order valence-corrected chi connectivity index (χ0v) is 11.4. The molecule has 2 N–H and O–H groups in total. The van der Waals surface area contributed by atoms with Crippen LogP contribution in [0.4, 0.5) is 4.79 Å². The Morgan fingerprint density at radius 2 is 2.15 bits per heavy atom. The predicted molar refractivity (Wildman–Crippen MR) is 69.7 cm³/mol. The van der Waals surface area contributed by atoms with E-state index >= 15 is 0 Å². The normalized spacial score (nSPS) is 9.65. The van der Waals surface area contributed by atoms with Crippen molar-refractivity contribution in [3.63, 3.8) is 0 Å². The van der Waals surface area contributed by atoms with E-state index in [2.05, 4.69) is 10.1 Å². The fourth-order valence-electron chi connectivity index (χ4n) is 1.07. The summed E-state index contributed by atoms with van der Waals surface area (Å²) in [5, 5.41) is 15.8. The van der Waals surface area contributed by atoms with Gasteiger partial charge in [0.15, 0.2) is 12.8 Å². The number of nitrogens with one attached hydrogen (secondary N) is 2. The van der Waals surface area contributed by atoms with Crippen LogP contribution in [-0.2, 0) is 14.3 Å². The average molecular weight is 299 g/mol. The maximum atomic E-state index is 11.4. The standard InChI is InChI=1S/C11H13N3O5S/c1-12-11(17)13-8(15)6-19-10(16)7-20-9-4-2-3-5-14(9)18/h2-5H,6-7H2,1H3,(H2,12,13,15,17). The third-order valence-electron chi connectivity index (χ3n) is 1.97. The van der Waals surface area contributed by atoms with E-state index in [4.69, 9.17) is 0 Å². The van der Waals surface area contributed by atoms with Crippen molar-refractivity contribution in [1.29, 1.82) is 0 Å². The number of urea groups is 1. The van der Waals surface area contributed by atoms with Gasteiger partial charge in [0.05, 0.1) is 0 Å². The number of imide groups is 1. The van der Waals surface area contributed by atoms with E-state index in [1.165, 1.54) is 13.2 Å². The second kappa shape index (κ2) is 8.00. The quantitative estimate of drug-likeness (QED) is 0.325. The van der Waals surface area contributed by atoms with Crippen molar-refractivity contribution < 1.29 is 23.9 Å². The van der Waals surface area contributed by atoms with Crippen LogP contribution in [0.25, 0.3) is 0 Å². The minimum Gasteiger partial charge on any atom is -0.618 e. The van der Waals surface area contributed by atoms with Gasteiger partial charge in [-0.1, -0.05) is 0 Å². The van der Waals surface area contributed by atoms with Crippen LogP contribution >= 0.6 is 11.8 Å². The molecule has 3 amide bonds. The number of amides is 3. The number of thioether (sulfide) groups is 1.